The number of aryl methyl sites for hydroxylation is 1. The van der Waals surface area contributed by atoms with Crippen LogP contribution in [0.15, 0.2) is 18.2 Å². The summed E-state index contributed by atoms with van der Waals surface area (Å²) in [6, 6.07) is 6.74. The van der Waals surface area contributed by atoms with Gasteiger partial charge in [-0.15, -0.1) is 0 Å². The first-order valence-electron chi connectivity index (χ1n) is 6.70. The average Bonchev–Trinajstić information content (AvgIpc) is 2.94. The smallest absolute Gasteiger partial charge is 0.122 e. The molecule has 0 amide bonds. The number of ether oxygens (including phenoxy) is 1. The van der Waals surface area contributed by atoms with E-state index in [0.29, 0.717) is 0 Å². The highest BCUT2D eigenvalue weighted by molar-refractivity contribution is 9.09. The zero-order valence-corrected chi connectivity index (χ0v) is 11.7. The van der Waals surface area contributed by atoms with Crippen molar-refractivity contribution in [2.75, 3.05) is 6.61 Å². The van der Waals surface area contributed by atoms with Crippen LogP contribution in [0.25, 0.3) is 0 Å². The van der Waals surface area contributed by atoms with Gasteiger partial charge in [0, 0.05) is 11.2 Å². The van der Waals surface area contributed by atoms with Gasteiger partial charge in [-0.25, -0.2) is 0 Å². The first-order valence-corrected chi connectivity index (χ1v) is 7.61. The maximum Gasteiger partial charge on any atom is 0.122 e. The Morgan fingerprint density at radius 1 is 1.29 bits per heavy atom. The second-order valence-electron chi connectivity index (χ2n) is 5.36. The molecule has 0 aromatic heterocycles. The van der Waals surface area contributed by atoms with Gasteiger partial charge in [0.25, 0.3) is 0 Å². The molecule has 2 unspecified atom stereocenters. The lowest BCUT2D eigenvalue weighted by Crippen LogP contribution is -1.98. The second kappa shape index (κ2) is 5.01. The van der Waals surface area contributed by atoms with E-state index in [1.165, 1.54) is 43.2 Å². The summed E-state index contributed by atoms with van der Waals surface area (Å²) < 4.78 is 5.54. The van der Waals surface area contributed by atoms with Crippen molar-refractivity contribution in [3.63, 3.8) is 0 Å². The third-order valence-electron chi connectivity index (χ3n) is 4.07. The Labute approximate surface area is 112 Å². The maximum absolute atomic E-state index is 5.54. The van der Waals surface area contributed by atoms with E-state index in [-0.39, 0.29) is 0 Å². The number of benzene rings is 1. The molecule has 1 aromatic carbocycles. The molecule has 17 heavy (non-hydrogen) atoms. The number of rotatable bonds is 3. The number of fused-ring (bicyclic) bond motifs is 1. The van der Waals surface area contributed by atoms with Crippen molar-refractivity contribution in [2.24, 2.45) is 5.92 Å². The molecule has 2 aliphatic rings. The van der Waals surface area contributed by atoms with Gasteiger partial charge in [0.05, 0.1) is 6.61 Å². The zero-order valence-electron chi connectivity index (χ0n) is 10.1. The monoisotopic (exact) mass is 294 g/mol. The van der Waals surface area contributed by atoms with Gasteiger partial charge in [0.15, 0.2) is 0 Å². The Balaban J connectivity index is 1.58. The summed E-state index contributed by atoms with van der Waals surface area (Å²) in [4.78, 5) is 0.779. The Hall–Kier alpha value is -0.500. The Kier molecular flexibility index (Phi) is 3.41. The molecule has 1 heterocycles. The lowest BCUT2D eigenvalue weighted by Gasteiger charge is -2.09. The van der Waals surface area contributed by atoms with Crippen molar-refractivity contribution in [3.8, 4) is 5.75 Å². The minimum atomic E-state index is 0.779. The molecule has 0 saturated heterocycles. The van der Waals surface area contributed by atoms with Crippen LogP contribution in [0, 0.1) is 5.92 Å². The summed E-state index contributed by atoms with van der Waals surface area (Å²) in [6.07, 6.45) is 7.82. The molecule has 0 spiro atoms. The van der Waals surface area contributed by atoms with E-state index in [1.54, 1.807) is 0 Å². The molecule has 0 radical (unpaired) electrons. The number of alkyl halides is 1. The molecule has 1 saturated carbocycles. The minimum absolute atomic E-state index is 0.779. The topological polar surface area (TPSA) is 9.23 Å². The van der Waals surface area contributed by atoms with Gasteiger partial charge in [0.1, 0.15) is 5.75 Å². The molecule has 0 N–H and O–H groups in total. The van der Waals surface area contributed by atoms with Crippen LogP contribution in [0.1, 0.15) is 36.8 Å². The standard InChI is InChI=1S/C15H19BrO/c16-14-5-3-12(10-14)2-1-11-4-6-15-13(9-11)7-8-17-15/h4,6,9,12,14H,1-3,5,7-8,10H2. The summed E-state index contributed by atoms with van der Waals surface area (Å²) in [5, 5.41) is 0. The van der Waals surface area contributed by atoms with Crippen LogP contribution < -0.4 is 4.74 Å². The molecular weight excluding hydrogens is 276 g/mol. The third-order valence-corrected chi connectivity index (χ3v) is 4.90. The van der Waals surface area contributed by atoms with Crippen molar-refractivity contribution in [1.82, 2.24) is 0 Å². The van der Waals surface area contributed by atoms with E-state index in [9.17, 15) is 0 Å². The van der Waals surface area contributed by atoms with Crippen LogP contribution >= 0.6 is 15.9 Å². The molecule has 2 heteroatoms. The lowest BCUT2D eigenvalue weighted by atomic mass is 9.97. The number of hydrogen-bond acceptors (Lipinski definition) is 1. The first kappa shape index (κ1) is 11.6. The van der Waals surface area contributed by atoms with Crippen LogP contribution in [0.2, 0.25) is 0 Å². The fourth-order valence-electron chi connectivity index (χ4n) is 3.04. The molecule has 0 bridgehead atoms. The van der Waals surface area contributed by atoms with Crippen molar-refractivity contribution in [3.05, 3.63) is 29.3 Å². The molecule has 1 aromatic rings. The SMILES string of the molecule is BrC1CCC(CCc2ccc3c(c2)CCO3)C1. The van der Waals surface area contributed by atoms with E-state index in [4.69, 9.17) is 4.74 Å². The highest BCUT2D eigenvalue weighted by Gasteiger charge is 2.22. The third kappa shape index (κ3) is 2.67. The van der Waals surface area contributed by atoms with Crippen LogP contribution in [-0.4, -0.2) is 11.4 Å². The lowest BCUT2D eigenvalue weighted by molar-refractivity contribution is 0.357. The zero-order chi connectivity index (χ0) is 11.7. The quantitative estimate of drug-likeness (QED) is 0.762. The molecule has 3 rings (SSSR count). The van der Waals surface area contributed by atoms with Crippen LogP contribution in [0.5, 0.6) is 5.75 Å². The van der Waals surface area contributed by atoms with Crippen LogP contribution in [0.4, 0.5) is 0 Å². The summed E-state index contributed by atoms with van der Waals surface area (Å²) in [7, 11) is 0. The van der Waals surface area contributed by atoms with E-state index in [0.717, 1.165) is 29.5 Å². The largest absolute Gasteiger partial charge is 0.493 e. The van der Waals surface area contributed by atoms with Gasteiger partial charge in [-0.3, -0.25) is 0 Å². The van der Waals surface area contributed by atoms with E-state index in [1.807, 2.05) is 0 Å². The Morgan fingerprint density at radius 2 is 2.24 bits per heavy atom. The van der Waals surface area contributed by atoms with Gasteiger partial charge in [-0.1, -0.05) is 28.1 Å². The van der Waals surface area contributed by atoms with Crippen molar-refractivity contribution < 1.29 is 4.74 Å². The minimum Gasteiger partial charge on any atom is -0.493 e. The fourth-order valence-corrected chi connectivity index (χ4v) is 3.84. The molecule has 1 fully saturated rings. The predicted octanol–water partition coefficient (Wildman–Crippen LogP) is 4.12. The highest BCUT2D eigenvalue weighted by Crippen LogP contribution is 2.34. The maximum atomic E-state index is 5.54. The van der Waals surface area contributed by atoms with Gasteiger partial charge < -0.3 is 4.74 Å². The number of halogens is 1. The Morgan fingerprint density at radius 3 is 3.06 bits per heavy atom. The van der Waals surface area contributed by atoms with Crippen molar-refractivity contribution in [1.29, 1.82) is 0 Å². The van der Waals surface area contributed by atoms with Gasteiger partial charge >= 0.3 is 0 Å². The van der Waals surface area contributed by atoms with Crippen molar-refractivity contribution >= 4 is 15.9 Å². The first-order chi connectivity index (χ1) is 8.31. The van der Waals surface area contributed by atoms with Gasteiger partial charge in [0.2, 0.25) is 0 Å². The normalized spacial score (nSPS) is 26.9. The fraction of sp³-hybridized carbons (Fsp3) is 0.600. The summed E-state index contributed by atoms with van der Waals surface area (Å²) in [6.45, 7) is 0.868. The number of hydrogen-bond donors (Lipinski definition) is 0. The molecule has 1 aliphatic heterocycles. The molecule has 92 valence electrons. The molecule has 1 nitrogen and oxygen atoms in total. The van der Waals surface area contributed by atoms with Crippen molar-refractivity contribution in [2.45, 2.75) is 43.4 Å². The van der Waals surface area contributed by atoms with E-state index >= 15 is 0 Å². The summed E-state index contributed by atoms with van der Waals surface area (Å²) in [5.74, 6) is 2.04. The Bertz CT molecular complexity index is 402. The van der Waals surface area contributed by atoms with E-state index in [2.05, 4.69) is 34.1 Å². The summed E-state index contributed by atoms with van der Waals surface area (Å²) >= 11 is 3.73. The summed E-state index contributed by atoms with van der Waals surface area (Å²) in [5.41, 5.74) is 2.90. The second-order valence-corrected chi connectivity index (χ2v) is 6.65. The molecule has 1 aliphatic carbocycles. The van der Waals surface area contributed by atoms with Crippen LogP contribution in [0.3, 0.4) is 0 Å². The van der Waals surface area contributed by atoms with Crippen LogP contribution in [-0.2, 0) is 12.8 Å². The highest BCUT2D eigenvalue weighted by atomic mass is 79.9. The van der Waals surface area contributed by atoms with Gasteiger partial charge in [-0.05, 0) is 55.2 Å². The predicted molar refractivity (Wildman–Crippen MR) is 74.0 cm³/mol. The molecular formula is C15H19BrO. The molecule has 2 atom stereocenters. The van der Waals surface area contributed by atoms with E-state index < -0.39 is 0 Å². The average molecular weight is 295 g/mol. The van der Waals surface area contributed by atoms with Gasteiger partial charge in [-0.2, -0.15) is 0 Å².